The minimum atomic E-state index is 0.0317. The summed E-state index contributed by atoms with van der Waals surface area (Å²) in [5, 5.41) is 14.4. The molecule has 0 unspecified atom stereocenters. The molecule has 0 amide bonds. The average molecular weight is 274 g/mol. The third-order valence-corrected chi connectivity index (χ3v) is 2.80. The summed E-state index contributed by atoms with van der Waals surface area (Å²) >= 11 is 0. The van der Waals surface area contributed by atoms with Gasteiger partial charge in [-0.1, -0.05) is 34.9 Å². The monoisotopic (exact) mass is 274 g/mol. The van der Waals surface area contributed by atoms with Crippen molar-refractivity contribution in [2.24, 2.45) is 0 Å². The minimum Gasteiger partial charge on any atom is -0.407 e. The van der Waals surface area contributed by atoms with Gasteiger partial charge in [0.1, 0.15) is 0 Å². The van der Waals surface area contributed by atoms with Crippen LogP contribution >= 0.6 is 0 Å². The zero-order valence-electron chi connectivity index (χ0n) is 12.5. The van der Waals surface area contributed by atoms with Gasteiger partial charge in [0.05, 0.1) is 6.54 Å². The lowest BCUT2D eigenvalue weighted by Gasteiger charge is -2.18. The maximum absolute atomic E-state index is 5.53. The van der Waals surface area contributed by atoms with E-state index in [0.29, 0.717) is 25.0 Å². The second kappa shape index (κ2) is 6.05. The van der Waals surface area contributed by atoms with E-state index < -0.39 is 0 Å². The van der Waals surface area contributed by atoms with Gasteiger partial charge in [-0.3, -0.25) is 0 Å². The Morgan fingerprint density at radius 2 is 1.75 bits per heavy atom. The van der Waals surface area contributed by atoms with Crippen LogP contribution in [0.5, 0.6) is 0 Å². The lowest BCUT2D eigenvalue weighted by Crippen LogP contribution is -2.35. The predicted octanol–water partition coefficient (Wildman–Crippen LogP) is 2.88. The molecule has 108 valence electrons. The van der Waals surface area contributed by atoms with Crippen LogP contribution in [0.25, 0.3) is 0 Å². The normalized spacial score (nSPS) is 11.6. The Morgan fingerprint density at radius 1 is 1.05 bits per heavy atom. The predicted molar refractivity (Wildman–Crippen MR) is 79.4 cm³/mol. The molecule has 2 N–H and O–H groups in total. The highest BCUT2D eigenvalue weighted by Gasteiger charge is 2.11. The van der Waals surface area contributed by atoms with Gasteiger partial charge < -0.3 is 15.1 Å². The van der Waals surface area contributed by atoms with Gasteiger partial charge in [-0.2, -0.15) is 0 Å². The molecule has 20 heavy (non-hydrogen) atoms. The average Bonchev–Trinajstić information content (AvgIpc) is 2.83. The molecule has 0 aliphatic heterocycles. The van der Waals surface area contributed by atoms with Gasteiger partial charge in [-0.25, -0.2) is 0 Å². The van der Waals surface area contributed by atoms with Gasteiger partial charge in [-0.15, -0.1) is 5.10 Å². The Labute approximate surface area is 119 Å². The third-order valence-electron chi connectivity index (χ3n) is 2.80. The van der Waals surface area contributed by atoms with E-state index in [1.54, 1.807) is 0 Å². The minimum absolute atomic E-state index is 0.0317. The van der Waals surface area contributed by atoms with Crippen LogP contribution in [0.4, 0.5) is 6.01 Å². The molecule has 0 aliphatic rings. The molecule has 1 heterocycles. The number of benzene rings is 1. The Hall–Kier alpha value is -1.88. The molecule has 0 aliphatic carbocycles. The van der Waals surface area contributed by atoms with E-state index in [1.807, 2.05) is 0 Å². The zero-order chi connectivity index (χ0) is 14.6. The van der Waals surface area contributed by atoms with Gasteiger partial charge in [0, 0.05) is 12.1 Å². The maximum atomic E-state index is 5.53. The van der Waals surface area contributed by atoms with Crippen molar-refractivity contribution in [3.05, 3.63) is 41.3 Å². The molecule has 0 fully saturated rings. The summed E-state index contributed by atoms with van der Waals surface area (Å²) in [5.41, 5.74) is 2.47. The van der Waals surface area contributed by atoms with E-state index in [9.17, 15) is 0 Å². The molecule has 0 atom stereocenters. The highest BCUT2D eigenvalue weighted by molar-refractivity contribution is 5.26. The van der Waals surface area contributed by atoms with Crippen molar-refractivity contribution in [3.63, 3.8) is 0 Å². The second-order valence-electron chi connectivity index (χ2n) is 5.94. The molecular weight excluding hydrogens is 252 g/mol. The number of hydrogen-bond acceptors (Lipinski definition) is 5. The Kier molecular flexibility index (Phi) is 4.39. The zero-order valence-corrected chi connectivity index (χ0v) is 12.5. The molecule has 0 spiro atoms. The van der Waals surface area contributed by atoms with Crippen LogP contribution in [-0.2, 0) is 13.1 Å². The number of rotatable bonds is 5. The molecule has 0 saturated heterocycles. The van der Waals surface area contributed by atoms with E-state index in [0.717, 1.165) is 0 Å². The summed E-state index contributed by atoms with van der Waals surface area (Å²) in [4.78, 5) is 0. The smallest absolute Gasteiger partial charge is 0.315 e. The van der Waals surface area contributed by atoms with E-state index in [-0.39, 0.29) is 5.54 Å². The molecule has 5 nitrogen and oxygen atoms in total. The Balaban J connectivity index is 1.85. The van der Waals surface area contributed by atoms with Crippen LogP contribution in [0.3, 0.4) is 0 Å². The van der Waals surface area contributed by atoms with Crippen molar-refractivity contribution < 1.29 is 4.42 Å². The Bertz CT molecular complexity index is 540. The van der Waals surface area contributed by atoms with Gasteiger partial charge in [0.2, 0.25) is 5.89 Å². The highest BCUT2D eigenvalue weighted by Crippen LogP contribution is 2.10. The van der Waals surface area contributed by atoms with Crippen molar-refractivity contribution in [1.29, 1.82) is 0 Å². The van der Waals surface area contributed by atoms with Gasteiger partial charge in [0.15, 0.2) is 0 Å². The van der Waals surface area contributed by atoms with Crippen molar-refractivity contribution in [1.82, 2.24) is 15.5 Å². The number of aromatic nitrogens is 2. The van der Waals surface area contributed by atoms with Crippen LogP contribution in [0.1, 0.15) is 37.8 Å². The van der Waals surface area contributed by atoms with Gasteiger partial charge >= 0.3 is 6.01 Å². The number of anilines is 1. The first-order valence-corrected chi connectivity index (χ1v) is 6.79. The van der Waals surface area contributed by atoms with Crippen molar-refractivity contribution in [3.8, 4) is 0 Å². The fourth-order valence-electron chi connectivity index (χ4n) is 1.62. The molecule has 5 heteroatoms. The number of nitrogens with zero attached hydrogens (tertiary/aromatic N) is 2. The van der Waals surface area contributed by atoms with Gasteiger partial charge in [-0.05, 0) is 33.3 Å². The molecule has 0 radical (unpaired) electrons. The largest absolute Gasteiger partial charge is 0.407 e. The Morgan fingerprint density at radius 3 is 2.40 bits per heavy atom. The maximum Gasteiger partial charge on any atom is 0.315 e. The number of hydrogen-bond donors (Lipinski definition) is 2. The van der Waals surface area contributed by atoms with Gasteiger partial charge in [0.25, 0.3) is 0 Å². The SMILES string of the molecule is Cc1ccc(CNc2nnc(CNC(C)(C)C)o2)cc1. The second-order valence-corrected chi connectivity index (χ2v) is 5.94. The summed E-state index contributed by atoms with van der Waals surface area (Å²) in [5.74, 6) is 0.589. The van der Waals surface area contributed by atoms with Crippen molar-refractivity contribution in [2.75, 3.05) is 5.32 Å². The lowest BCUT2D eigenvalue weighted by molar-refractivity contribution is 0.383. The van der Waals surface area contributed by atoms with Crippen LogP contribution in [-0.4, -0.2) is 15.7 Å². The lowest BCUT2D eigenvalue weighted by atomic mass is 10.1. The van der Waals surface area contributed by atoms with E-state index in [4.69, 9.17) is 4.42 Å². The molecule has 0 saturated carbocycles. The summed E-state index contributed by atoms with van der Waals surface area (Å²) < 4.78 is 5.53. The van der Waals surface area contributed by atoms with E-state index in [2.05, 4.69) is 72.8 Å². The molecule has 2 rings (SSSR count). The summed E-state index contributed by atoms with van der Waals surface area (Å²) in [6, 6.07) is 8.80. The fraction of sp³-hybridized carbons (Fsp3) is 0.467. The first kappa shape index (κ1) is 14.5. The third kappa shape index (κ3) is 4.66. The molecule has 1 aromatic heterocycles. The van der Waals surface area contributed by atoms with Crippen LogP contribution in [0.15, 0.2) is 28.7 Å². The first-order valence-electron chi connectivity index (χ1n) is 6.79. The first-order chi connectivity index (χ1) is 9.42. The molecule has 2 aromatic rings. The topological polar surface area (TPSA) is 63.0 Å². The molecule has 0 bridgehead atoms. The number of aryl methyl sites for hydroxylation is 1. The fourth-order valence-corrected chi connectivity index (χ4v) is 1.62. The standard InChI is InChI=1S/C15H22N4O/c1-11-5-7-12(8-6-11)9-16-14-19-18-13(20-14)10-17-15(2,3)4/h5-8,17H,9-10H2,1-4H3,(H,16,19). The van der Waals surface area contributed by atoms with E-state index >= 15 is 0 Å². The number of nitrogens with one attached hydrogen (secondary N) is 2. The van der Waals surface area contributed by atoms with Crippen LogP contribution in [0, 0.1) is 6.92 Å². The summed E-state index contributed by atoms with van der Waals surface area (Å²) in [7, 11) is 0. The molecule has 1 aromatic carbocycles. The summed E-state index contributed by atoms with van der Waals surface area (Å²) in [6.45, 7) is 9.61. The van der Waals surface area contributed by atoms with Crippen molar-refractivity contribution in [2.45, 2.75) is 46.3 Å². The van der Waals surface area contributed by atoms with Crippen molar-refractivity contribution >= 4 is 6.01 Å². The molecular formula is C15H22N4O. The summed E-state index contributed by atoms with van der Waals surface area (Å²) in [6.07, 6.45) is 0. The quantitative estimate of drug-likeness (QED) is 0.877. The van der Waals surface area contributed by atoms with Crippen LogP contribution in [0.2, 0.25) is 0 Å². The van der Waals surface area contributed by atoms with Crippen LogP contribution < -0.4 is 10.6 Å². The van der Waals surface area contributed by atoms with E-state index in [1.165, 1.54) is 11.1 Å². The highest BCUT2D eigenvalue weighted by atomic mass is 16.4.